The summed E-state index contributed by atoms with van der Waals surface area (Å²) in [6.07, 6.45) is 3.89. The van der Waals surface area contributed by atoms with Crippen LogP contribution in [0.3, 0.4) is 0 Å². The van der Waals surface area contributed by atoms with E-state index in [9.17, 15) is 0 Å². The monoisotopic (exact) mass is 215 g/mol. The first-order valence-corrected chi connectivity index (χ1v) is 5.63. The van der Waals surface area contributed by atoms with Gasteiger partial charge in [0.05, 0.1) is 11.9 Å². The Morgan fingerprint density at radius 1 is 1.31 bits per heavy atom. The molecule has 0 aliphatic heterocycles. The second-order valence-electron chi connectivity index (χ2n) is 3.86. The molecular formula is C13H17N3. The smallest absolute Gasteiger partial charge is 0.0731 e. The number of benzene rings is 1. The van der Waals surface area contributed by atoms with E-state index >= 15 is 0 Å². The molecule has 0 saturated carbocycles. The summed E-state index contributed by atoms with van der Waals surface area (Å²) in [6, 6.07) is 10.7. The van der Waals surface area contributed by atoms with Gasteiger partial charge in [0.15, 0.2) is 0 Å². The Morgan fingerprint density at radius 3 is 2.69 bits per heavy atom. The van der Waals surface area contributed by atoms with E-state index in [1.54, 1.807) is 0 Å². The van der Waals surface area contributed by atoms with Gasteiger partial charge in [-0.3, -0.25) is 4.68 Å². The lowest BCUT2D eigenvalue weighted by Gasteiger charge is -2.13. The van der Waals surface area contributed by atoms with Crippen LogP contribution in [0.2, 0.25) is 0 Å². The fourth-order valence-corrected chi connectivity index (χ4v) is 1.69. The van der Waals surface area contributed by atoms with Crippen molar-refractivity contribution in [1.82, 2.24) is 9.78 Å². The van der Waals surface area contributed by atoms with Gasteiger partial charge in [0, 0.05) is 18.8 Å². The van der Waals surface area contributed by atoms with Crippen molar-refractivity contribution in [2.24, 2.45) is 0 Å². The summed E-state index contributed by atoms with van der Waals surface area (Å²) in [5.74, 6) is 0. The standard InChI is InChI=1S/C13H17N3/c1-3-16-10-13(9-14-16)15-11(2)12-7-5-4-6-8-12/h4-11,15H,3H2,1-2H3. The van der Waals surface area contributed by atoms with Gasteiger partial charge in [-0.25, -0.2) is 0 Å². The van der Waals surface area contributed by atoms with Crippen molar-refractivity contribution in [1.29, 1.82) is 0 Å². The van der Waals surface area contributed by atoms with Crippen LogP contribution in [-0.2, 0) is 6.54 Å². The molecule has 0 bridgehead atoms. The summed E-state index contributed by atoms with van der Waals surface area (Å²) >= 11 is 0. The molecule has 0 aliphatic carbocycles. The Kier molecular flexibility index (Phi) is 3.25. The molecule has 0 radical (unpaired) electrons. The first kappa shape index (κ1) is 10.7. The second kappa shape index (κ2) is 4.84. The molecule has 2 aromatic rings. The van der Waals surface area contributed by atoms with E-state index in [4.69, 9.17) is 0 Å². The molecule has 0 aliphatic rings. The van der Waals surface area contributed by atoms with Crippen molar-refractivity contribution in [3.63, 3.8) is 0 Å². The highest BCUT2D eigenvalue weighted by Crippen LogP contribution is 2.17. The van der Waals surface area contributed by atoms with Crippen molar-refractivity contribution >= 4 is 5.69 Å². The van der Waals surface area contributed by atoms with E-state index < -0.39 is 0 Å². The third-order valence-corrected chi connectivity index (χ3v) is 2.64. The molecular weight excluding hydrogens is 198 g/mol. The van der Waals surface area contributed by atoms with Crippen molar-refractivity contribution in [2.45, 2.75) is 26.4 Å². The molecule has 3 nitrogen and oxygen atoms in total. The van der Waals surface area contributed by atoms with Crippen LogP contribution in [-0.4, -0.2) is 9.78 Å². The Labute approximate surface area is 96.1 Å². The zero-order chi connectivity index (χ0) is 11.4. The summed E-state index contributed by atoms with van der Waals surface area (Å²) in [6.45, 7) is 5.14. The normalized spacial score (nSPS) is 12.4. The molecule has 84 valence electrons. The van der Waals surface area contributed by atoms with Crippen LogP contribution >= 0.6 is 0 Å². The highest BCUT2D eigenvalue weighted by atomic mass is 15.3. The van der Waals surface area contributed by atoms with E-state index in [0.717, 1.165) is 12.2 Å². The van der Waals surface area contributed by atoms with Crippen LogP contribution in [0.15, 0.2) is 42.7 Å². The molecule has 1 heterocycles. The topological polar surface area (TPSA) is 29.9 Å². The summed E-state index contributed by atoms with van der Waals surface area (Å²) in [7, 11) is 0. The van der Waals surface area contributed by atoms with Crippen LogP contribution < -0.4 is 5.32 Å². The van der Waals surface area contributed by atoms with Crippen molar-refractivity contribution in [3.05, 3.63) is 48.3 Å². The highest BCUT2D eigenvalue weighted by molar-refractivity contribution is 5.41. The molecule has 0 spiro atoms. The lowest BCUT2D eigenvalue weighted by Crippen LogP contribution is -2.05. The fraction of sp³-hybridized carbons (Fsp3) is 0.308. The van der Waals surface area contributed by atoms with Gasteiger partial charge in [0.1, 0.15) is 0 Å². The van der Waals surface area contributed by atoms with Gasteiger partial charge in [-0.2, -0.15) is 5.10 Å². The number of nitrogens with zero attached hydrogens (tertiary/aromatic N) is 2. The molecule has 1 aromatic heterocycles. The SMILES string of the molecule is CCn1cc(NC(C)c2ccccc2)cn1. The van der Waals surface area contributed by atoms with Gasteiger partial charge < -0.3 is 5.32 Å². The number of hydrogen-bond acceptors (Lipinski definition) is 2. The number of nitrogens with one attached hydrogen (secondary N) is 1. The molecule has 0 saturated heterocycles. The van der Waals surface area contributed by atoms with Gasteiger partial charge in [-0.05, 0) is 19.4 Å². The molecule has 1 aromatic carbocycles. The molecule has 0 amide bonds. The maximum Gasteiger partial charge on any atom is 0.0731 e. The lowest BCUT2D eigenvalue weighted by atomic mass is 10.1. The van der Waals surface area contributed by atoms with Gasteiger partial charge >= 0.3 is 0 Å². The average molecular weight is 215 g/mol. The van der Waals surface area contributed by atoms with Crippen LogP contribution in [0.25, 0.3) is 0 Å². The van der Waals surface area contributed by atoms with Crippen LogP contribution in [0.5, 0.6) is 0 Å². The third-order valence-electron chi connectivity index (χ3n) is 2.64. The Hall–Kier alpha value is -1.77. The highest BCUT2D eigenvalue weighted by Gasteiger charge is 2.05. The predicted octanol–water partition coefficient (Wildman–Crippen LogP) is 3.08. The zero-order valence-corrected chi connectivity index (χ0v) is 9.72. The van der Waals surface area contributed by atoms with E-state index in [1.807, 2.05) is 23.1 Å². The summed E-state index contributed by atoms with van der Waals surface area (Å²) < 4.78 is 1.92. The minimum Gasteiger partial charge on any atom is -0.376 e. The second-order valence-corrected chi connectivity index (χ2v) is 3.86. The van der Waals surface area contributed by atoms with Crippen molar-refractivity contribution in [3.8, 4) is 0 Å². The zero-order valence-electron chi connectivity index (χ0n) is 9.72. The molecule has 1 atom stereocenters. The quantitative estimate of drug-likeness (QED) is 0.849. The number of rotatable bonds is 4. The maximum absolute atomic E-state index is 4.24. The number of aromatic nitrogens is 2. The molecule has 16 heavy (non-hydrogen) atoms. The molecule has 1 unspecified atom stereocenters. The Bertz CT molecular complexity index is 433. The molecule has 0 fully saturated rings. The van der Waals surface area contributed by atoms with Crippen LogP contribution in [0.4, 0.5) is 5.69 Å². The van der Waals surface area contributed by atoms with E-state index in [1.165, 1.54) is 5.56 Å². The Balaban J connectivity index is 2.05. The third kappa shape index (κ3) is 2.42. The van der Waals surface area contributed by atoms with Gasteiger partial charge in [-0.15, -0.1) is 0 Å². The summed E-state index contributed by atoms with van der Waals surface area (Å²) in [5.41, 5.74) is 2.35. The van der Waals surface area contributed by atoms with Crippen LogP contribution in [0.1, 0.15) is 25.5 Å². The van der Waals surface area contributed by atoms with Crippen molar-refractivity contribution < 1.29 is 0 Å². The average Bonchev–Trinajstić information content (AvgIpc) is 2.78. The van der Waals surface area contributed by atoms with Gasteiger partial charge in [-0.1, -0.05) is 30.3 Å². The lowest BCUT2D eigenvalue weighted by molar-refractivity contribution is 0.660. The fourth-order valence-electron chi connectivity index (χ4n) is 1.69. The molecule has 2 rings (SSSR count). The summed E-state index contributed by atoms with van der Waals surface area (Å²) in [5, 5.41) is 7.67. The maximum atomic E-state index is 4.24. The summed E-state index contributed by atoms with van der Waals surface area (Å²) in [4.78, 5) is 0. The van der Waals surface area contributed by atoms with E-state index in [2.05, 4.69) is 48.5 Å². The minimum absolute atomic E-state index is 0.302. The van der Waals surface area contributed by atoms with Crippen LogP contribution in [0, 0.1) is 0 Å². The number of hydrogen-bond donors (Lipinski definition) is 1. The number of anilines is 1. The largest absolute Gasteiger partial charge is 0.376 e. The Morgan fingerprint density at radius 2 is 2.06 bits per heavy atom. The first-order chi connectivity index (χ1) is 7.79. The van der Waals surface area contributed by atoms with E-state index in [-0.39, 0.29) is 0 Å². The minimum atomic E-state index is 0.302. The predicted molar refractivity (Wildman–Crippen MR) is 66.4 cm³/mol. The van der Waals surface area contributed by atoms with Gasteiger partial charge in [0.2, 0.25) is 0 Å². The first-order valence-electron chi connectivity index (χ1n) is 5.63. The van der Waals surface area contributed by atoms with Crippen molar-refractivity contribution in [2.75, 3.05) is 5.32 Å². The van der Waals surface area contributed by atoms with E-state index in [0.29, 0.717) is 6.04 Å². The van der Waals surface area contributed by atoms with Gasteiger partial charge in [0.25, 0.3) is 0 Å². The number of aryl methyl sites for hydroxylation is 1. The molecule has 1 N–H and O–H groups in total. The molecule has 3 heteroatoms.